The lowest BCUT2D eigenvalue weighted by Crippen LogP contribution is -2.59. The number of aromatic nitrogens is 2. The van der Waals surface area contributed by atoms with Crippen LogP contribution in [0.25, 0.3) is 21.8 Å². The molecule has 11 N–H and O–H groups in total. The number of alkyl carbamates (subject to hydrolysis) is 1. The van der Waals surface area contributed by atoms with Gasteiger partial charge in [0.1, 0.15) is 41.2 Å². The van der Waals surface area contributed by atoms with Gasteiger partial charge in [0, 0.05) is 47.4 Å². The van der Waals surface area contributed by atoms with E-state index in [9.17, 15) is 43.8 Å². The number of aromatic hydroxyl groups is 1. The zero-order chi connectivity index (χ0) is 45.0. The van der Waals surface area contributed by atoms with Crippen LogP contribution in [0.4, 0.5) is 4.79 Å². The van der Waals surface area contributed by atoms with Crippen molar-refractivity contribution in [2.24, 2.45) is 5.73 Å². The van der Waals surface area contributed by atoms with Gasteiger partial charge < -0.3 is 57.2 Å². The van der Waals surface area contributed by atoms with E-state index in [1.807, 2.05) is 24.3 Å². The van der Waals surface area contributed by atoms with Gasteiger partial charge in [-0.1, -0.05) is 48.5 Å². The van der Waals surface area contributed by atoms with Gasteiger partial charge in [-0.25, -0.2) is 4.79 Å². The molecule has 328 valence electrons. The third kappa shape index (κ3) is 13.3. The Morgan fingerprint density at radius 1 is 0.742 bits per heavy atom. The van der Waals surface area contributed by atoms with Crippen LogP contribution in [0, 0.1) is 0 Å². The molecular formula is C44H52N8O10. The number of nitrogens with two attached hydrogens (primary N) is 1. The van der Waals surface area contributed by atoms with Gasteiger partial charge in [0.15, 0.2) is 0 Å². The van der Waals surface area contributed by atoms with E-state index in [1.54, 1.807) is 69.4 Å². The number of phenolic OH excluding ortho intramolecular Hbond substituents is 1. The molecule has 18 heteroatoms. The van der Waals surface area contributed by atoms with Gasteiger partial charge in [-0.15, -0.1) is 0 Å². The van der Waals surface area contributed by atoms with Crippen LogP contribution < -0.4 is 32.3 Å². The molecule has 0 aliphatic carbocycles. The fourth-order valence-electron chi connectivity index (χ4n) is 6.73. The normalized spacial score (nSPS) is 13.3. The van der Waals surface area contributed by atoms with Crippen molar-refractivity contribution in [3.8, 4) is 5.75 Å². The number of carboxylic acid groups (broad SMARTS) is 1. The Morgan fingerprint density at radius 2 is 1.40 bits per heavy atom. The molecule has 5 rings (SSSR count). The van der Waals surface area contributed by atoms with E-state index in [4.69, 9.17) is 10.5 Å². The number of aliphatic carboxylic acids is 1. The minimum atomic E-state index is -1.70. The fraction of sp³-hybridized carbons (Fsp3) is 0.341. The molecule has 6 amide bonds. The number of unbranched alkanes of at least 4 members (excludes halogenated alkanes) is 1. The van der Waals surface area contributed by atoms with Gasteiger partial charge >= 0.3 is 12.1 Å². The summed E-state index contributed by atoms with van der Waals surface area (Å²) >= 11 is 0. The zero-order valence-corrected chi connectivity index (χ0v) is 34.6. The lowest BCUT2D eigenvalue weighted by Gasteiger charge is -2.27. The Labute approximate surface area is 356 Å². The Bertz CT molecular complexity index is 2400. The number of phenols is 1. The number of carboxylic acids is 1. The minimum absolute atomic E-state index is 0.00277. The summed E-state index contributed by atoms with van der Waals surface area (Å²) in [5, 5.41) is 33.9. The Kier molecular flexibility index (Phi) is 15.3. The third-order valence-electron chi connectivity index (χ3n) is 9.75. The molecule has 0 spiro atoms. The van der Waals surface area contributed by atoms with Crippen molar-refractivity contribution < 1.29 is 48.5 Å². The number of para-hydroxylation sites is 1. The standard InChI is InChI=1S/C44H52N8O10/c1-44(2,3)62-43(61)52-35(22-27-24-47-31-14-8-7-13-29(27)31)41(59)49-32(15-9-10-18-46-39(57)34-21-26-20-28(53)16-17-30(26)48-34)40(58)51-36(23-37(54)55)42(60)50-33(38(45)56)19-25-11-5-4-6-12-25/h4-8,11-14,16-17,20-21,24,32-33,35-36,47-48,53H,9-10,15,18-19,22-23H2,1-3H3,(H2,45,56)(H,46,57)(H,49,59)(H,50,60)(H,51,58)(H,52,61)(H,54,55). The first-order chi connectivity index (χ1) is 29.4. The first kappa shape index (κ1) is 45.7. The largest absolute Gasteiger partial charge is 0.508 e. The van der Waals surface area contributed by atoms with Crippen molar-refractivity contribution in [1.82, 2.24) is 36.6 Å². The van der Waals surface area contributed by atoms with Crippen LogP contribution >= 0.6 is 0 Å². The highest BCUT2D eigenvalue weighted by Gasteiger charge is 2.33. The number of primary amides is 1. The molecule has 62 heavy (non-hydrogen) atoms. The lowest BCUT2D eigenvalue weighted by molar-refractivity contribution is -0.141. The third-order valence-corrected chi connectivity index (χ3v) is 9.75. The minimum Gasteiger partial charge on any atom is -0.508 e. The van der Waals surface area contributed by atoms with Crippen molar-refractivity contribution in [1.29, 1.82) is 0 Å². The van der Waals surface area contributed by atoms with Crippen molar-refractivity contribution in [3.63, 3.8) is 0 Å². The van der Waals surface area contributed by atoms with Crippen LogP contribution in [0.2, 0.25) is 0 Å². The molecule has 5 aromatic rings. The highest BCUT2D eigenvalue weighted by atomic mass is 16.6. The topological polar surface area (TPSA) is 287 Å². The van der Waals surface area contributed by atoms with Crippen molar-refractivity contribution in [2.45, 2.75) is 89.1 Å². The monoisotopic (exact) mass is 852 g/mol. The molecule has 2 heterocycles. The number of rotatable bonds is 20. The molecule has 0 radical (unpaired) electrons. The molecule has 4 unspecified atom stereocenters. The van der Waals surface area contributed by atoms with E-state index >= 15 is 0 Å². The van der Waals surface area contributed by atoms with Crippen molar-refractivity contribution in [2.75, 3.05) is 6.54 Å². The zero-order valence-electron chi connectivity index (χ0n) is 34.6. The molecule has 0 fully saturated rings. The smallest absolute Gasteiger partial charge is 0.408 e. The maximum atomic E-state index is 14.2. The number of hydrogen-bond acceptors (Lipinski definition) is 9. The van der Waals surface area contributed by atoms with Crippen LogP contribution in [-0.2, 0) is 41.6 Å². The van der Waals surface area contributed by atoms with Crippen LogP contribution in [0.5, 0.6) is 5.75 Å². The van der Waals surface area contributed by atoms with E-state index in [-0.39, 0.29) is 43.7 Å². The predicted octanol–water partition coefficient (Wildman–Crippen LogP) is 3.05. The molecule has 4 atom stereocenters. The van der Waals surface area contributed by atoms with Crippen LogP contribution in [0.1, 0.15) is 68.1 Å². The number of carbonyl (C=O) groups excluding carboxylic acids is 6. The number of amides is 6. The van der Waals surface area contributed by atoms with Gasteiger partial charge in [0.25, 0.3) is 5.91 Å². The Morgan fingerprint density at radius 3 is 2.11 bits per heavy atom. The average molecular weight is 853 g/mol. The van der Waals surface area contributed by atoms with Crippen LogP contribution in [0.3, 0.4) is 0 Å². The molecule has 0 aliphatic rings. The second kappa shape index (κ2) is 20.7. The molecule has 0 saturated carbocycles. The van der Waals surface area contributed by atoms with Crippen LogP contribution in [-0.4, -0.2) is 98.1 Å². The SMILES string of the molecule is CC(C)(C)OC(=O)NC(Cc1c[nH]c2ccccc12)C(=O)NC(CCCCNC(=O)c1cc2cc(O)ccc2[nH]1)C(=O)NC(CC(=O)O)C(=O)NC(Cc1ccccc1)C(N)=O. The molecular weight excluding hydrogens is 801 g/mol. The first-order valence-electron chi connectivity index (χ1n) is 20.1. The van der Waals surface area contributed by atoms with Gasteiger partial charge in [-0.3, -0.25) is 28.8 Å². The average Bonchev–Trinajstić information content (AvgIpc) is 3.82. The highest BCUT2D eigenvalue weighted by molar-refractivity contribution is 5.99. The van der Waals surface area contributed by atoms with Crippen LogP contribution in [0.15, 0.2) is 85.1 Å². The summed E-state index contributed by atoms with van der Waals surface area (Å²) in [4.78, 5) is 98.2. The van der Waals surface area contributed by atoms with Crippen molar-refractivity contribution in [3.05, 3.63) is 102 Å². The van der Waals surface area contributed by atoms with Crippen molar-refractivity contribution >= 4 is 63.4 Å². The summed E-state index contributed by atoms with van der Waals surface area (Å²) in [5.41, 5.74) is 7.72. The van der Waals surface area contributed by atoms with Gasteiger partial charge in [0.05, 0.1) is 6.42 Å². The number of fused-ring (bicyclic) bond motifs is 2. The van der Waals surface area contributed by atoms with E-state index in [0.717, 1.165) is 10.9 Å². The summed E-state index contributed by atoms with van der Waals surface area (Å²) in [6.07, 6.45) is 0.413. The highest BCUT2D eigenvalue weighted by Crippen LogP contribution is 2.22. The maximum Gasteiger partial charge on any atom is 0.408 e. The number of nitrogens with one attached hydrogen (secondary N) is 7. The first-order valence-corrected chi connectivity index (χ1v) is 20.1. The molecule has 0 saturated heterocycles. The number of H-pyrrole nitrogens is 2. The van der Waals surface area contributed by atoms with Gasteiger partial charge in [-0.2, -0.15) is 0 Å². The van der Waals surface area contributed by atoms with E-state index < -0.39 is 77.8 Å². The maximum absolute atomic E-state index is 14.2. The van der Waals surface area contributed by atoms with E-state index in [1.165, 1.54) is 12.1 Å². The molecule has 0 aliphatic heterocycles. The number of benzene rings is 3. The quantitative estimate of drug-likeness (QED) is 0.0511. The molecule has 18 nitrogen and oxygen atoms in total. The number of ether oxygens (including phenoxy) is 1. The predicted molar refractivity (Wildman–Crippen MR) is 229 cm³/mol. The molecule has 3 aromatic carbocycles. The summed E-state index contributed by atoms with van der Waals surface area (Å²) in [6.45, 7) is 5.14. The second-order valence-corrected chi connectivity index (χ2v) is 15.8. The molecule has 0 bridgehead atoms. The second-order valence-electron chi connectivity index (χ2n) is 15.8. The number of hydrogen-bond donors (Lipinski definition) is 10. The van der Waals surface area contributed by atoms with E-state index in [2.05, 4.69) is 36.6 Å². The summed E-state index contributed by atoms with van der Waals surface area (Å²) in [5.74, 6) is -5.39. The van der Waals surface area contributed by atoms with Gasteiger partial charge in [0.2, 0.25) is 23.6 Å². The Balaban J connectivity index is 1.34. The number of aromatic amines is 2. The summed E-state index contributed by atoms with van der Waals surface area (Å²) in [6, 6.07) is 16.7. The van der Waals surface area contributed by atoms with E-state index in [0.29, 0.717) is 28.5 Å². The Hall–Kier alpha value is -7.37. The molecule has 2 aromatic heterocycles. The van der Waals surface area contributed by atoms with Gasteiger partial charge in [-0.05, 0) is 81.5 Å². The summed E-state index contributed by atoms with van der Waals surface area (Å²) in [7, 11) is 0. The number of carbonyl (C=O) groups is 7. The fourth-order valence-corrected chi connectivity index (χ4v) is 6.73. The lowest BCUT2D eigenvalue weighted by atomic mass is 10.0. The summed E-state index contributed by atoms with van der Waals surface area (Å²) < 4.78 is 5.45.